The number of carbonyl (C=O) groups is 1. The third-order valence-electron chi connectivity index (χ3n) is 4.63. The smallest absolute Gasteiger partial charge is 0.308 e. The summed E-state index contributed by atoms with van der Waals surface area (Å²) in [5, 5.41) is 11.6. The van der Waals surface area contributed by atoms with Gasteiger partial charge in [-0.3, -0.25) is 9.69 Å². The van der Waals surface area contributed by atoms with Gasteiger partial charge in [0.05, 0.1) is 5.92 Å². The number of thiophene rings is 1. The first-order valence-corrected chi connectivity index (χ1v) is 8.52. The molecule has 3 nitrogen and oxygen atoms in total. The largest absolute Gasteiger partial charge is 0.481 e. The maximum Gasteiger partial charge on any atom is 0.308 e. The minimum absolute atomic E-state index is 0.193. The SMILES string of the molecule is CCC1CCC(C(=O)O)C(N(CC)Cc2cccs2)C1. The first-order valence-electron chi connectivity index (χ1n) is 7.64. The van der Waals surface area contributed by atoms with Gasteiger partial charge in [0.25, 0.3) is 0 Å². The molecule has 2 rings (SSSR count). The van der Waals surface area contributed by atoms with Crippen LogP contribution in [0, 0.1) is 11.8 Å². The summed E-state index contributed by atoms with van der Waals surface area (Å²) >= 11 is 1.76. The van der Waals surface area contributed by atoms with Crippen LogP contribution in [0.3, 0.4) is 0 Å². The highest BCUT2D eigenvalue weighted by molar-refractivity contribution is 7.09. The van der Waals surface area contributed by atoms with Crippen LogP contribution in [0.15, 0.2) is 17.5 Å². The molecule has 1 saturated carbocycles. The predicted molar refractivity (Wildman–Crippen MR) is 82.9 cm³/mol. The third kappa shape index (κ3) is 3.61. The lowest BCUT2D eigenvalue weighted by Gasteiger charge is -2.40. The highest BCUT2D eigenvalue weighted by Crippen LogP contribution is 2.35. The maximum atomic E-state index is 11.6. The molecule has 1 aromatic rings. The van der Waals surface area contributed by atoms with Gasteiger partial charge >= 0.3 is 5.97 Å². The Bertz CT molecular complexity index is 418. The Kier molecular flexibility index (Phi) is 5.61. The molecule has 0 radical (unpaired) electrons. The van der Waals surface area contributed by atoms with E-state index in [1.165, 1.54) is 11.3 Å². The van der Waals surface area contributed by atoms with E-state index in [0.29, 0.717) is 5.92 Å². The average molecular weight is 295 g/mol. The second-order valence-corrected chi connectivity index (χ2v) is 6.77. The first-order chi connectivity index (χ1) is 9.65. The van der Waals surface area contributed by atoms with Gasteiger partial charge in [-0.05, 0) is 43.2 Å². The van der Waals surface area contributed by atoms with Gasteiger partial charge in [0, 0.05) is 17.5 Å². The number of carboxylic acids is 1. The molecule has 0 aromatic carbocycles. The van der Waals surface area contributed by atoms with Crippen molar-refractivity contribution in [1.29, 1.82) is 0 Å². The quantitative estimate of drug-likeness (QED) is 0.866. The van der Waals surface area contributed by atoms with Crippen molar-refractivity contribution < 1.29 is 9.90 Å². The van der Waals surface area contributed by atoms with Crippen molar-refractivity contribution in [1.82, 2.24) is 4.90 Å². The van der Waals surface area contributed by atoms with Crippen molar-refractivity contribution in [3.05, 3.63) is 22.4 Å². The Labute approximate surface area is 125 Å². The van der Waals surface area contributed by atoms with E-state index in [1.807, 2.05) is 0 Å². The van der Waals surface area contributed by atoms with Gasteiger partial charge in [-0.25, -0.2) is 0 Å². The molecule has 1 N–H and O–H groups in total. The van der Waals surface area contributed by atoms with E-state index < -0.39 is 5.97 Å². The van der Waals surface area contributed by atoms with E-state index in [-0.39, 0.29) is 12.0 Å². The summed E-state index contributed by atoms with van der Waals surface area (Å²) in [6.45, 7) is 6.17. The number of aliphatic carboxylic acids is 1. The molecule has 3 atom stereocenters. The number of nitrogens with zero attached hydrogens (tertiary/aromatic N) is 1. The Balaban J connectivity index is 2.11. The number of hydrogen-bond acceptors (Lipinski definition) is 3. The summed E-state index contributed by atoms with van der Waals surface area (Å²) in [6, 6.07) is 4.40. The van der Waals surface area contributed by atoms with Crippen molar-refractivity contribution in [2.45, 2.75) is 52.1 Å². The molecule has 3 unspecified atom stereocenters. The zero-order valence-corrected chi connectivity index (χ0v) is 13.2. The summed E-state index contributed by atoms with van der Waals surface area (Å²) in [6.07, 6.45) is 4.10. The lowest BCUT2D eigenvalue weighted by atomic mass is 9.76. The molecule has 0 bridgehead atoms. The van der Waals surface area contributed by atoms with Gasteiger partial charge in [-0.15, -0.1) is 11.3 Å². The van der Waals surface area contributed by atoms with Crippen LogP contribution in [0.1, 0.15) is 44.4 Å². The summed E-state index contributed by atoms with van der Waals surface area (Å²) in [5.41, 5.74) is 0. The Hall–Kier alpha value is -0.870. The summed E-state index contributed by atoms with van der Waals surface area (Å²) in [4.78, 5) is 15.3. The summed E-state index contributed by atoms with van der Waals surface area (Å²) in [7, 11) is 0. The predicted octanol–water partition coefficient (Wildman–Crippen LogP) is 3.85. The van der Waals surface area contributed by atoms with Crippen molar-refractivity contribution in [2.24, 2.45) is 11.8 Å². The molecule has 0 spiro atoms. The van der Waals surface area contributed by atoms with E-state index in [0.717, 1.165) is 32.4 Å². The van der Waals surface area contributed by atoms with Crippen molar-refractivity contribution in [3.8, 4) is 0 Å². The molecule has 1 aliphatic rings. The second-order valence-electron chi connectivity index (χ2n) is 5.74. The van der Waals surface area contributed by atoms with Gasteiger partial charge in [-0.1, -0.05) is 26.3 Å². The van der Waals surface area contributed by atoms with E-state index in [1.54, 1.807) is 11.3 Å². The fourth-order valence-electron chi connectivity index (χ4n) is 3.36. The minimum Gasteiger partial charge on any atom is -0.481 e. The fraction of sp³-hybridized carbons (Fsp3) is 0.688. The van der Waals surface area contributed by atoms with E-state index in [9.17, 15) is 9.90 Å². The standard InChI is InChI=1S/C16H25NO2S/c1-3-12-7-8-14(16(18)19)15(10-12)17(4-2)11-13-6-5-9-20-13/h5-6,9,12,14-15H,3-4,7-8,10-11H2,1-2H3,(H,18,19). The molecule has 1 aliphatic carbocycles. The van der Waals surface area contributed by atoms with Gasteiger partial charge in [0.1, 0.15) is 0 Å². The van der Waals surface area contributed by atoms with Crippen molar-refractivity contribution in [2.75, 3.05) is 6.54 Å². The molecule has 20 heavy (non-hydrogen) atoms. The lowest BCUT2D eigenvalue weighted by molar-refractivity contribution is -0.146. The zero-order chi connectivity index (χ0) is 14.5. The molecule has 4 heteroatoms. The number of rotatable bonds is 6. The van der Waals surface area contributed by atoms with Gasteiger partial charge < -0.3 is 5.11 Å². The molecule has 0 saturated heterocycles. The highest BCUT2D eigenvalue weighted by Gasteiger charge is 2.37. The minimum atomic E-state index is -0.616. The molecule has 1 fully saturated rings. The molecule has 1 aromatic heterocycles. The van der Waals surface area contributed by atoms with Crippen molar-refractivity contribution >= 4 is 17.3 Å². The second kappa shape index (κ2) is 7.23. The number of hydrogen-bond donors (Lipinski definition) is 1. The molecular formula is C16H25NO2S. The molecule has 0 aliphatic heterocycles. The molecule has 112 valence electrons. The van der Waals surface area contributed by atoms with Gasteiger partial charge in [0.2, 0.25) is 0 Å². The fourth-order valence-corrected chi connectivity index (χ4v) is 4.09. The summed E-state index contributed by atoms with van der Waals surface area (Å²) < 4.78 is 0. The normalized spacial score (nSPS) is 26.9. The zero-order valence-electron chi connectivity index (χ0n) is 12.4. The maximum absolute atomic E-state index is 11.6. The van der Waals surface area contributed by atoms with Crippen LogP contribution >= 0.6 is 11.3 Å². The molecule has 0 amide bonds. The molecular weight excluding hydrogens is 270 g/mol. The highest BCUT2D eigenvalue weighted by atomic mass is 32.1. The molecule has 1 heterocycles. The average Bonchev–Trinajstić information content (AvgIpc) is 2.97. The summed E-state index contributed by atoms with van der Waals surface area (Å²) in [5.74, 6) is -0.125. The van der Waals surface area contributed by atoms with E-state index >= 15 is 0 Å². The van der Waals surface area contributed by atoms with Gasteiger partial charge in [-0.2, -0.15) is 0 Å². The van der Waals surface area contributed by atoms with E-state index in [2.05, 4.69) is 36.3 Å². The Morgan fingerprint density at radius 1 is 1.45 bits per heavy atom. The third-order valence-corrected chi connectivity index (χ3v) is 5.50. The topological polar surface area (TPSA) is 40.5 Å². The van der Waals surface area contributed by atoms with Crippen LogP contribution in [0.2, 0.25) is 0 Å². The van der Waals surface area contributed by atoms with Gasteiger partial charge in [0.15, 0.2) is 0 Å². The monoisotopic (exact) mass is 295 g/mol. The van der Waals surface area contributed by atoms with Crippen LogP contribution in [0.25, 0.3) is 0 Å². The first kappa shape index (κ1) is 15.5. The van der Waals surface area contributed by atoms with Crippen LogP contribution in [-0.4, -0.2) is 28.6 Å². The number of carboxylic acid groups (broad SMARTS) is 1. The van der Waals surface area contributed by atoms with Crippen LogP contribution in [-0.2, 0) is 11.3 Å². The van der Waals surface area contributed by atoms with E-state index in [4.69, 9.17) is 0 Å². The van der Waals surface area contributed by atoms with Crippen LogP contribution in [0.4, 0.5) is 0 Å². The van der Waals surface area contributed by atoms with Crippen LogP contribution < -0.4 is 0 Å². The van der Waals surface area contributed by atoms with Crippen molar-refractivity contribution in [3.63, 3.8) is 0 Å². The van der Waals surface area contributed by atoms with Crippen LogP contribution in [0.5, 0.6) is 0 Å². The lowest BCUT2D eigenvalue weighted by Crippen LogP contribution is -2.46. The Morgan fingerprint density at radius 2 is 2.25 bits per heavy atom. The Morgan fingerprint density at radius 3 is 2.80 bits per heavy atom.